The third-order valence-electron chi connectivity index (χ3n) is 0.857. The fourth-order valence-corrected chi connectivity index (χ4v) is 2.33. The summed E-state index contributed by atoms with van der Waals surface area (Å²) in [6, 6.07) is 0. The molecule has 0 bridgehead atoms. The molecule has 0 aromatic rings. The molecule has 1 unspecified atom stereocenters. The van der Waals surface area contributed by atoms with E-state index in [-0.39, 0.29) is 0 Å². The van der Waals surface area contributed by atoms with E-state index in [9.17, 15) is 9.13 Å². The Hall–Kier alpha value is 0.260. The predicted molar refractivity (Wildman–Crippen MR) is 36.9 cm³/mol. The summed E-state index contributed by atoms with van der Waals surface area (Å²) in [5.41, 5.74) is 4.78. The minimum Gasteiger partial charge on any atom is -0.324 e. The topological polar surface area (TPSA) is 141 Å². The van der Waals surface area contributed by atoms with Gasteiger partial charge in [-0.15, -0.1) is 0 Å². The largest absolute Gasteiger partial charge is 0.342 e. The molecule has 0 aliphatic rings. The zero-order chi connectivity index (χ0) is 9.28. The van der Waals surface area contributed by atoms with Crippen molar-refractivity contribution in [3.8, 4) is 0 Å². The van der Waals surface area contributed by atoms with E-state index in [2.05, 4.69) is 0 Å². The highest BCUT2D eigenvalue weighted by molar-refractivity contribution is 7.56. The standard InChI is InChI=1S/C2H9NO6P2/c3-2(11(7,8)9)1-10(4,5)6/h2H,1,3H2,(H2,4,5,6)(H2,7,8,9). The lowest BCUT2D eigenvalue weighted by atomic mass is 10.8. The fraction of sp³-hybridized carbons (Fsp3) is 1.00. The van der Waals surface area contributed by atoms with Crippen molar-refractivity contribution in [1.82, 2.24) is 0 Å². The van der Waals surface area contributed by atoms with Crippen molar-refractivity contribution in [3.63, 3.8) is 0 Å². The molecule has 9 heteroatoms. The second-order valence-electron chi connectivity index (χ2n) is 2.00. The van der Waals surface area contributed by atoms with Crippen LogP contribution in [0.15, 0.2) is 0 Å². The van der Waals surface area contributed by atoms with E-state index in [1.807, 2.05) is 0 Å². The van der Waals surface area contributed by atoms with Crippen LogP contribution in [0.1, 0.15) is 0 Å². The first-order valence-electron chi connectivity index (χ1n) is 2.48. The minimum absolute atomic E-state index is 1.00. The molecule has 0 aliphatic heterocycles. The molecule has 0 heterocycles. The number of nitrogens with two attached hydrogens (primary N) is 1. The average Bonchev–Trinajstić information content (AvgIpc) is 1.56. The van der Waals surface area contributed by atoms with Crippen LogP contribution >= 0.6 is 15.2 Å². The van der Waals surface area contributed by atoms with Crippen LogP contribution in [0.25, 0.3) is 0 Å². The van der Waals surface area contributed by atoms with Gasteiger partial charge in [0, 0.05) is 0 Å². The molecule has 0 aliphatic carbocycles. The summed E-state index contributed by atoms with van der Waals surface area (Å²) in [4.78, 5) is 33.1. The number of rotatable bonds is 3. The molecular weight excluding hydrogens is 196 g/mol. The van der Waals surface area contributed by atoms with E-state index >= 15 is 0 Å². The monoisotopic (exact) mass is 205 g/mol. The molecule has 0 fully saturated rings. The van der Waals surface area contributed by atoms with Gasteiger partial charge in [-0.3, -0.25) is 9.13 Å². The molecule has 68 valence electrons. The van der Waals surface area contributed by atoms with Gasteiger partial charge in [0.15, 0.2) is 0 Å². The van der Waals surface area contributed by atoms with Crippen LogP contribution < -0.4 is 5.73 Å². The van der Waals surface area contributed by atoms with Crippen molar-refractivity contribution < 1.29 is 28.7 Å². The summed E-state index contributed by atoms with van der Waals surface area (Å²) >= 11 is 0. The van der Waals surface area contributed by atoms with Gasteiger partial charge in [0.05, 0.1) is 6.16 Å². The second-order valence-corrected chi connectivity index (χ2v) is 5.54. The van der Waals surface area contributed by atoms with Crippen molar-refractivity contribution in [2.45, 2.75) is 5.78 Å². The lowest BCUT2D eigenvalue weighted by molar-refractivity contribution is 0.347. The van der Waals surface area contributed by atoms with E-state index in [4.69, 9.17) is 25.3 Å². The number of hydrogen-bond donors (Lipinski definition) is 5. The molecule has 11 heavy (non-hydrogen) atoms. The normalized spacial score (nSPS) is 16.5. The molecule has 6 N–H and O–H groups in total. The van der Waals surface area contributed by atoms with E-state index in [0.717, 1.165) is 0 Å². The molecule has 0 saturated carbocycles. The highest BCUT2D eigenvalue weighted by Gasteiger charge is 2.31. The van der Waals surface area contributed by atoms with Gasteiger partial charge in [-0.1, -0.05) is 0 Å². The van der Waals surface area contributed by atoms with Gasteiger partial charge in [0.25, 0.3) is 0 Å². The van der Waals surface area contributed by atoms with Gasteiger partial charge in [-0.25, -0.2) is 0 Å². The van der Waals surface area contributed by atoms with Gasteiger partial charge in [0.1, 0.15) is 5.78 Å². The quantitative estimate of drug-likeness (QED) is 0.357. The lowest BCUT2D eigenvalue weighted by Gasteiger charge is -2.13. The Morgan fingerprint density at radius 3 is 1.64 bits per heavy atom. The zero-order valence-electron chi connectivity index (χ0n) is 5.36. The molecule has 0 aromatic heterocycles. The van der Waals surface area contributed by atoms with Gasteiger partial charge >= 0.3 is 15.2 Å². The van der Waals surface area contributed by atoms with Crippen molar-refractivity contribution >= 4 is 15.2 Å². The Kier molecular flexibility index (Phi) is 3.41. The summed E-state index contributed by atoms with van der Waals surface area (Å²) in [5, 5.41) is 0. The third-order valence-corrected chi connectivity index (χ3v) is 3.06. The lowest BCUT2D eigenvalue weighted by Crippen LogP contribution is -2.24. The van der Waals surface area contributed by atoms with Gasteiger partial charge in [-0.2, -0.15) is 0 Å². The van der Waals surface area contributed by atoms with Crippen molar-refractivity contribution in [2.75, 3.05) is 6.16 Å². The third kappa shape index (κ3) is 5.52. The summed E-state index contributed by atoms with van der Waals surface area (Å²) < 4.78 is 20.4. The smallest absolute Gasteiger partial charge is 0.324 e. The SMILES string of the molecule is NC(CP(=O)(O)O)P(=O)(O)O. The van der Waals surface area contributed by atoms with Crippen LogP contribution in [0.5, 0.6) is 0 Å². The Labute approximate surface area is 62.5 Å². The van der Waals surface area contributed by atoms with E-state index < -0.39 is 27.1 Å². The molecule has 0 amide bonds. The first kappa shape index (κ1) is 11.3. The zero-order valence-corrected chi connectivity index (χ0v) is 7.15. The van der Waals surface area contributed by atoms with Crippen molar-refractivity contribution in [2.24, 2.45) is 5.73 Å². The van der Waals surface area contributed by atoms with Gasteiger partial charge < -0.3 is 25.3 Å². The first-order chi connectivity index (χ1) is 4.63. The molecular formula is C2H9NO6P2. The van der Waals surface area contributed by atoms with E-state index in [0.29, 0.717) is 0 Å². The van der Waals surface area contributed by atoms with Crippen molar-refractivity contribution in [1.29, 1.82) is 0 Å². The number of hydrogen-bond acceptors (Lipinski definition) is 3. The van der Waals surface area contributed by atoms with Crippen LogP contribution in [-0.2, 0) is 9.13 Å². The Bertz CT molecular complexity index is 215. The van der Waals surface area contributed by atoms with Crippen molar-refractivity contribution in [3.05, 3.63) is 0 Å². The van der Waals surface area contributed by atoms with E-state index in [1.54, 1.807) is 0 Å². The molecule has 0 saturated heterocycles. The minimum atomic E-state index is -4.57. The molecule has 0 spiro atoms. The van der Waals surface area contributed by atoms with Gasteiger partial charge in [-0.05, 0) is 0 Å². The maximum absolute atomic E-state index is 10.2. The first-order valence-corrected chi connectivity index (χ1v) is 5.96. The molecule has 7 nitrogen and oxygen atoms in total. The van der Waals surface area contributed by atoms with Crippen LogP contribution in [-0.4, -0.2) is 31.5 Å². The van der Waals surface area contributed by atoms with Crippen LogP contribution in [0.2, 0.25) is 0 Å². The Balaban J connectivity index is 4.22. The maximum atomic E-state index is 10.2. The van der Waals surface area contributed by atoms with Crippen LogP contribution in [0, 0.1) is 0 Å². The second kappa shape index (κ2) is 3.33. The van der Waals surface area contributed by atoms with E-state index in [1.165, 1.54) is 0 Å². The van der Waals surface area contributed by atoms with Crippen LogP contribution in [0.3, 0.4) is 0 Å². The Morgan fingerprint density at radius 1 is 1.18 bits per heavy atom. The molecule has 1 atom stereocenters. The summed E-state index contributed by atoms with van der Waals surface area (Å²) in [5.74, 6) is -1.79. The summed E-state index contributed by atoms with van der Waals surface area (Å²) in [6.45, 7) is 0. The fourth-order valence-electron chi connectivity index (χ4n) is 0.350. The Morgan fingerprint density at radius 2 is 1.55 bits per heavy atom. The summed E-state index contributed by atoms with van der Waals surface area (Å²) in [6.07, 6.45) is -1.00. The highest BCUT2D eigenvalue weighted by Crippen LogP contribution is 2.46. The predicted octanol–water partition coefficient (Wildman–Crippen LogP) is -1.37. The molecule has 0 rings (SSSR count). The molecule has 0 radical (unpaired) electrons. The van der Waals surface area contributed by atoms with Gasteiger partial charge in [0.2, 0.25) is 0 Å². The molecule has 0 aromatic carbocycles. The average molecular weight is 205 g/mol. The highest BCUT2D eigenvalue weighted by atomic mass is 31.2. The summed E-state index contributed by atoms with van der Waals surface area (Å²) in [7, 11) is -9.00. The maximum Gasteiger partial charge on any atom is 0.342 e. The van der Waals surface area contributed by atoms with Crippen LogP contribution in [0.4, 0.5) is 0 Å².